The molecule has 1 aliphatic heterocycles. The van der Waals surface area contributed by atoms with Gasteiger partial charge >= 0.3 is 5.97 Å². The first-order chi connectivity index (χ1) is 8.49. The zero-order chi connectivity index (χ0) is 13.3. The van der Waals surface area contributed by atoms with Gasteiger partial charge in [0.2, 0.25) is 0 Å². The Balaban J connectivity index is 2.47. The molecule has 2 unspecified atom stereocenters. The third-order valence-electron chi connectivity index (χ3n) is 2.80. The number of nitrogens with one attached hydrogen (secondary N) is 2. The Morgan fingerprint density at radius 2 is 2.17 bits per heavy atom. The lowest BCUT2D eigenvalue weighted by atomic mass is 9.95. The number of allylic oxidation sites excluding steroid dienone is 1. The van der Waals surface area contributed by atoms with E-state index in [1.54, 1.807) is 31.2 Å². The lowest BCUT2D eigenvalue weighted by Gasteiger charge is -2.32. The van der Waals surface area contributed by atoms with Crippen LogP contribution in [-0.4, -0.2) is 21.7 Å². The van der Waals surface area contributed by atoms with Crippen molar-refractivity contribution >= 4 is 18.6 Å². The van der Waals surface area contributed by atoms with E-state index in [0.717, 1.165) is 0 Å². The van der Waals surface area contributed by atoms with Gasteiger partial charge in [-0.2, -0.15) is 0 Å². The molecule has 2 rings (SSSR count). The van der Waals surface area contributed by atoms with Crippen LogP contribution in [0.15, 0.2) is 35.5 Å². The predicted octanol–water partition coefficient (Wildman–Crippen LogP) is 1.20. The van der Waals surface area contributed by atoms with Gasteiger partial charge in [-0.1, -0.05) is 12.1 Å². The fraction of sp³-hybridized carbons (Fsp3) is 0.250. The van der Waals surface area contributed by atoms with Crippen LogP contribution in [0.5, 0.6) is 5.75 Å². The monoisotopic (exact) mass is 266 g/mol. The summed E-state index contributed by atoms with van der Waals surface area (Å²) in [6, 6.07) is 6.02. The van der Waals surface area contributed by atoms with Gasteiger partial charge in [0.25, 0.3) is 0 Å². The Kier molecular flexibility index (Phi) is 3.49. The van der Waals surface area contributed by atoms with Gasteiger partial charge in [0.05, 0.1) is 11.6 Å². The number of benzene rings is 1. The molecule has 1 aromatic carbocycles. The van der Waals surface area contributed by atoms with Crippen molar-refractivity contribution in [3.63, 3.8) is 0 Å². The molecule has 5 nitrogen and oxygen atoms in total. The van der Waals surface area contributed by atoms with Crippen LogP contribution in [0.2, 0.25) is 0 Å². The molecule has 1 aliphatic rings. The molecule has 0 aliphatic carbocycles. The number of rotatable bonds is 2. The molecule has 0 amide bonds. The number of hydrogen-bond acceptors (Lipinski definition) is 5. The number of hydrogen-bond donors (Lipinski definition) is 5. The quantitative estimate of drug-likeness (QED) is 0.520. The van der Waals surface area contributed by atoms with E-state index in [0.29, 0.717) is 11.3 Å². The highest BCUT2D eigenvalue weighted by atomic mass is 32.1. The number of phenols is 1. The SMILES string of the molecule is CC1=C(C(=O)O)C(c2cccc(O)c2)NC(S)N1. The molecule has 0 bridgehead atoms. The first-order valence-corrected chi connectivity index (χ1v) is 5.94. The van der Waals surface area contributed by atoms with Crippen LogP contribution in [-0.2, 0) is 4.79 Å². The van der Waals surface area contributed by atoms with Gasteiger partial charge in [0.1, 0.15) is 11.2 Å². The van der Waals surface area contributed by atoms with E-state index >= 15 is 0 Å². The molecule has 0 spiro atoms. The molecule has 2 atom stereocenters. The summed E-state index contributed by atoms with van der Waals surface area (Å²) in [4.78, 5) is 11.3. The number of phenolic OH excluding ortho intramolecular Hbond substituents is 1. The van der Waals surface area contributed by atoms with Crippen LogP contribution in [0.25, 0.3) is 0 Å². The summed E-state index contributed by atoms with van der Waals surface area (Å²) in [5.74, 6) is -0.896. The number of aliphatic carboxylic acids is 1. The fourth-order valence-electron chi connectivity index (χ4n) is 2.03. The minimum Gasteiger partial charge on any atom is -0.508 e. The largest absolute Gasteiger partial charge is 0.508 e. The van der Waals surface area contributed by atoms with Crippen LogP contribution < -0.4 is 10.6 Å². The van der Waals surface area contributed by atoms with Crippen molar-refractivity contribution in [3.8, 4) is 5.75 Å². The summed E-state index contributed by atoms with van der Waals surface area (Å²) in [6.45, 7) is 1.70. The molecule has 0 radical (unpaired) electrons. The highest BCUT2D eigenvalue weighted by Gasteiger charge is 2.30. The smallest absolute Gasteiger partial charge is 0.335 e. The van der Waals surface area contributed by atoms with Gasteiger partial charge in [0, 0.05) is 5.70 Å². The lowest BCUT2D eigenvalue weighted by Crippen LogP contribution is -2.46. The van der Waals surface area contributed by atoms with Crippen LogP contribution in [0, 0.1) is 0 Å². The summed E-state index contributed by atoms with van der Waals surface area (Å²) in [5, 5.41) is 24.7. The average Bonchev–Trinajstić information content (AvgIpc) is 2.27. The van der Waals surface area contributed by atoms with Gasteiger partial charge in [0.15, 0.2) is 0 Å². The first-order valence-electron chi connectivity index (χ1n) is 5.42. The van der Waals surface area contributed by atoms with Crippen molar-refractivity contribution in [2.24, 2.45) is 0 Å². The molecule has 0 saturated heterocycles. The van der Waals surface area contributed by atoms with Crippen molar-refractivity contribution in [1.29, 1.82) is 0 Å². The Morgan fingerprint density at radius 3 is 2.78 bits per heavy atom. The number of aromatic hydroxyl groups is 1. The molecule has 18 heavy (non-hydrogen) atoms. The number of carbonyl (C=O) groups is 1. The van der Waals surface area contributed by atoms with Crippen molar-refractivity contribution in [2.75, 3.05) is 0 Å². The van der Waals surface area contributed by atoms with E-state index < -0.39 is 12.0 Å². The van der Waals surface area contributed by atoms with Crippen LogP contribution in [0.3, 0.4) is 0 Å². The van der Waals surface area contributed by atoms with Gasteiger partial charge < -0.3 is 15.5 Å². The highest BCUT2D eigenvalue weighted by Crippen LogP contribution is 2.29. The standard InChI is InChI=1S/C12H14N2O3S/c1-6-9(11(16)17)10(14-12(18)13-6)7-3-2-4-8(15)5-7/h2-5,10,12-15,18H,1H3,(H,16,17). The maximum atomic E-state index is 11.3. The molecule has 96 valence electrons. The zero-order valence-electron chi connectivity index (χ0n) is 9.71. The Morgan fingerprint density at radius 1 is 1.44 bits per heavy atom. The van der Waals surface area contributed by atoms with Gasteiger partial charge in [-0.25, -0.2) is 4.79 Å². The van der Waals surface area contributed by atoms with E-state index in [9.17, 15) is 15.0 Å². The van der Waals surface area contributed by atoms with Gasteiger partial charge in [-0.15, -0.1) is 12.6 Å². The third-order valence-corrected chi connectivity index (χ3v) is 3.08. The summed E-state index contributed by atoms with van der Waals surface area (Å²) in [6.07, 6.45) is 0. The Bertz CT molecular complexity index is 516. The number of thiol groups is 1. The van der Waals surface area contributed by atoms with Crippen molar-refractivity contribution < 1.29 is 15.0 Å². The zero-order valence-corrected chi connectivity index (χ0v) is 10.6. The Hall–Kier alpha value is -1.66. The molecule has 4 N–H and O–H groups in total. The topological polar surface area (TPSA) is 81.6 Å². The molecule has 0 aromatic heterocycles. The van der Waals surface area contributed by atoms with Crippen molar-refractivity contribution in [2.45, 2.75) is 18.5 Å². The van der Waals surface area contributed by atoms with E-state index in [4.69, 9.17) is 0 Å². The van der Waals surface area contributed by atoms with Crippen LogP contribution in [0.4, 0.5) is 0 Å². The summed E-state index contributed by atoms with van der Waals surface area (Å²) >= 11 is 4.25. The number of carboxylic acids is 1. The minimum absolute atomic E-state index is 0.103. The normalized spacial score (nSPS) is 23.7. The summed E-state index contributed by atoms with van der Waals surface area (Å²) in [5.41, 5.74) is 1.15. The molecule has 6 heteroatoms. The van der Waals surface area contributed by atoms with Crippen LogP contribution >= 0.6 is 12.6 Å². The summed E-state index contributed by atoms with van der Waals surface area (Å²) < 4.78 is 0. The van der Waals surface area contributed by atoms with Crippen molar-refractivity contribution in [1.82, 2.24) is 10.6 Å². The maximum Gasteiger partial charge on any atom is 0.335 e. The molecule has 0 fully saturated rings. The second-order valence-electron chi connectivity index (χ2n) is 4.09. The molecule has 1 aromatic rings. The van der Waals surface area contributed by atoms with E-state index in [1.807, 2.05) is 0 Å². The molecule has 1 heterocycles. The minimum atomic E-state index is -0.999. The Labute approximate surface area is 110 Å². The molecular formula is C12H14N2O3S. The fourth-order valence-corrected chi connectivity index (χ4v) is 2.38. The number of carboxylic acid groups (broad SMARTS) is 1. The van der Waals surface area contributed by atoms with E-state index in [1.165, 1.54) is 0 Å². The lowest BCUT2D eigenvalue weighted by molar-refractivity contribution is -0.133. The predicted molar refractivity (Wildman–Crippen MR) is 70.2 cm³/mol. The first kappa shape index (κ1) is 12.8. The average molecular weight is 266 g/mol. The van der Waals surface area contributed by atoms with E-state index in [-0.39, 0.29) is 16.8 Å². The van der Waals surface area contributed by atoms with E-state index in [2.05, 4.69) is 23.3 Å². The third kappa shape index (κ3) is 2.44. The van der Waals surface area contributed by atoms with Gasteiger partial charge in [-0.05, 0) is 24.6 Å². The maximum absolute atomic E-state index is 11.3. The molecule has 0 saturated carbocycles. The van der Waals surface area contributed by atoms with Gasteiger partial charge in [-0.3, -0.25) is 5.32 Å². The highest BCUT2D eigenvalue weighted by molar-refractivity contribution is 7.80. The second-order valence-corrected chi connectivity index (χ2v) is 4.60. The summed E-state index contributed by atoms with van der Waals surface area (Å²) in [7, 11) is 0. The molecular weight excluding hydrogens is 252 g/mol. The van der Waals surface area contributed by atoms with Crippen molar-refractivity contribution in [3.05, 3.63) is 41.1 Å². The van der Waals surface area contributed by atoms with Crippen LogP contribution in [0.1, 0.15) is 18.5 Å². The second kappa shape index (κ2) is 4.91.